The smallest absolute Gasteiger partial charge is 0.137 e. The minimum absolute atomic E-state index is 0.773. The van der Waals surface area contributed by atoms with Crippen molar-refractivity contribution in [2.75, 3.05) is 32.1 Å². The van der Waals surface area contributed by atoms with Gasteiger partial charge in [-0.3, -0.25) is 0 Å². The van der Waals surface area contributed by atoms with Crippen molar-refractivity contribution in [2.24, 2.45) is 5.92 Å². The third-order valence-electron chi connectivity index (χ3n) is 3.92. The topological polar surface area (TPSA) is 37.4 Å². The number of rotatable bonds is 5. The van der Waals surface area contributed by atoms with Crippen LogP contribution in [0.4, 0.5) is 5.82 Å². The number of nitrogens with zero attached hydrogens (tertiary/aromatic N) is 2. The normalized spacial score (nSPS) is 24.2. The van der Waals surface area contributed by atoms with E-state index >= 15 is 0 Å². The number of anilines is 1. The van der Waals surface area contributed by atoms with Crippen molar-refractivity contribution in [3.63, 3.8) is 0 Å². The van der Waals surface area contributed by atoms with Crippen LogP contribution in [0.5, 0.6) is 5.75 Å². The van der Waals surface area contributed by atoms with E-state index in [-0.39, 0.29) is 0 Å². The minimum Gasteiger partial charge on any atom is -0.495 e. The molecule has 1 N–H and O–H groups in total. The average Bonchev–Trinajstić information content (AvgIpc) is 3.16. The molecule has 1 atom stereocenters. The first-order valence-electron chi connectivity index (χ1n) is 6.83. The van der Waals surface area contributed by atoms with E-state index in [0.717, 1.165) is 30.1 Å². The number of likely N-dealkylation sites (tertiary alicyclic amines) is 1. The summed E-state index contributed by atoms with van der Waals surface area (Å²) in [5.74, 6) is 2.52. The molecular formula is C14H21N3O. The van der Waals surface area contributed by atoms with Gasteiger partial charge in [-0.05, 0) is 43.9 Å². The molecule has 1 aromatic heterocycles. The van der Waals surface area contributed by atoms with Crippen LogP contribution >= 0.6 is 0 Å². The summed E-state index contributed by atoms with van der Waals surface area (Å²) in [4.78, 5) is 6.97. The highest BCUT2D eigenvalue weighted by Crippen LogP contribution is 2.31. The summed E-state index contributed by atoms with van der Waals surface area (Å²) in [7, 11) is 1.66. The summed E-state index contributed by atoms with van der Waals surface area (Å²) in [5, 5.41) is 3.42. The molecule has 1 saturated heterocycles. The van der Waals surface area contributed by atoms with Crippen molar-refractivity contribution in [1.82, 2.24) is 9.88 Å². The van der Waals surface area contributed by atoms with Gasteiger partial charge in [0, 0.05) is 19.1 Å². The van der Waals surface area contributed by atoms with Gasteiger partial charge in [0.1, 0.15) is 11.6 Å². The standard InChI is InChI=1S/C14H21N3O/c1-18-13-4-5-14(16-9-13)15-8-11-6-7-17(10-11)12-2-3-12/h4-5,9,11-12H,2-3,6-8,10H2,1H3,(H,15,16). The molecule has 1 saturated carbocycles. The van der Waals surface area contributed by atoms with Gasteiger partial charge in [-0.2, -0.15) is 0 Å². The van der Waals surface area contributed by atoms with Crippen LogP contribution in [0.15, 0.2) is 18.3 Å². The Hall–Kier alpha value is -1.29. The molecule has 18 heavy (non-hydrogen) atoms. The van der Waals surface area contributed by atoms with Crippen molar-refractivity contribution in [2.45, 2.75) is 25.3 Å². The zero-order valence-electron chi connectivity index (χ0n) is 10.9. The first-order valence-corrected chi connectivity index (χ1v) is 6.83. The summed E-state index contributed by atoms with van der Waals surface area (Å²) in [6.07, 6.45) is 5.91. The van der Waals surface area contributed by atoms with E-state index in [0.29, 0.717) is 0 Å². The van der Waals surface area contributed by atoms with E-state index in [9.17, 15) is 0 Å². The van der Waals surface area contributed by atoms with E-state index in [1.165, 1.54) is 32.4 Å². The number of hydrogen-bond acceptors (Lipinski definition) is 4. The van der Waals surface area contributed by atoms with Gasteiger partial charge in [0.25, 0.3) is 0 Å². The summed E-state index contributed by atoms with van der Waals surface area (Å²) in [5.41, 5.74) is 0. The number of pyridine rings is 1. The second-order valence-electron chi connectivity index (χ2n) is 5.34. The molecule has 2 aliphatic rings. The molecule has 4 heteroatoms. The molecule has 0 aromatic carbocycles. The fourth-order valence-corrected chi connectivity index (χ4v) is 2.66. The van der Waals surface area contributed by atoms with Gasteiger partial charge in [-0.1, -0.05) is 0 Å². The largest absolute Gasteiger partial charge is 0.495 e. The lowest BCUT2D eigenvalue weighted by Gasteiger charge is -2.15. The van der Waals surface area contributed by atoms with Gasteiger partial charge in [0.2, 0.25) is 0 Å². The van der Waals surface area contributed by atoms with Gasteiger partial charge in [0.05, 0.1) is 13.3 Å². The predicted octanol–water partition coefficient (Wildman–Crippen LogP) is 1.99. The lowest BCUT2D eigenvalue weighted by molar-refractivity contribution is 0.316. The van der Waals surface area contributed by atoms with Gasteiger partial charge in [0.15, 0.2) is 0 Å². The van der Waals surface area contributed by atoms with Crippen LogP contribution < -0.4 is 10.1 Å². The Balaban J connectivity index is 1.45. The number of hydrogen-bond donors (Lipinski definition) is 1. The highest BCUT2D eigenvalue weighted by atomic mass is 16.5. The monoisotopic (exact) mass is 247 g/mol. The third kappa shape index (κ3) is 2.75. The van der Waals surface area contributed by atoms with Crippen LogP contribution in [0.25, 0.3) is 0 Å². The van der Waals surface area contributed by atoms with Crippen molar-refractivity contribution < 1.29 is 4.74 Å². The summed E-state index contributed by atoms with van der Waals surface area (Å²) < 4.78 is 5.10. The van der Waals surface area contributed by atoms with E-state index in [1.807, 2.05) is 12.1 Å². The lowest BCUT2D eigenvalue weighted by Crippen LogP contribution is -2.24. The Morgan fingerprint density at radius 1 is 1.39 bits per heavy atom. The SMILES string of the molecule is COc1ccc(NCC2CCN(C3CC3)C2)nc1. The average molecular weight is 247 g/mol. The van der Waals surface area contributed by atoms with Crippen LogP contribution in [0, 0.1) is 5.92 Å². The molecule has 0 amide bonds. The van der Waals surface area contributed by atoms with Crippen molar-refractivity contribution in [3.05, 3.63) is 18.3 Å². The van der Waals surface area contributed by atoms with E-state index in [2.05, 4.69) is 15.2 Å². The third-order valence-corrected chi connectivity index (χ3v) is 3.92. The van der Waals surface area contributed by atoms with Gasteiger partial charge in [-0.25, -0.2) is 4.98 Å². The molecule has 3 rings (SSSR count). The fraction of sp³-hybridized carbons (Fsp3) is 0.643. The molecule has 4 nitrogen and oxygen atoms in total. The molecule has 1 aliphatic carbocycles. The predicted molar refractivity (Wildman–Crippen MR) is 72.0 cm³/mol. The highest BCUT2D eigenvalue weighted by molar-refractivity contribution is 5.37. The molecule has 98 valence electrons. The first kappa shape index (κ1) is 11.8. The molecular weight excluding hydrogens is 226 g/mol. The Morgan fingerprint density at radius 3 is 2.94 bits per heavy atom. The minimum atomic E-state index is 0.773. The lowest BCUT2D eigenvalue weighted by atomic mass is 10.1. The maximum atomic E-state index is 5.10. The van der Waals surface area contributed by atoms with Crippen molar-refractivity contribution in [1.29, 1.82) is 0 Å². The zero-order chi connectivity index (χ0) is 12.4. The summed E-state index contributed by atoms with van der Waals surface area (Å²) in [6.45, 7) is 3.57. The quantitative estimate of drug-likeness (QED) is 0.863. The second kappa shape index (κ2) is 5.14. The Bertz CT molecular complexity index is 389. The second-order valence-corrected chi connectivity index (χ2v) is 5.34. The Morgan fingerprint density at radius 2 is 2.28 bits per heavy atom. The van der Waals surface area contributed by atoms with Gasteiger partial charge in [-0.15, -0.1) is 0 Å². The van der Waals surface area contributed by atoms with Crippen molar-refractivity contribution >= 4 is 5.82 Å². The maximum Gasteiger partial charge on any atom is 0.137 e. The van der Waals surface area contributed by atoms with Crippen LogP contribution in [0.2, 0.25) is 0 Å². The van der Waals surface area contributed by atoms with E-state index in [4.69, 9.17) is 4.74 Å². The van der Waals surface area contributed by atoms with E-state index in [1.54, 1.807) is 13.3 Å². The fourth-order valence-electron chi connectivity index (χ4n) is 2.66. The molecule has 1 aromatic rings. The number of aromatic nitrogens is 1. The molecule has 1 unspecified atom stereocenters. The van der Waals surface area contributed by atoms with Crippen LogP contribution in [0.1, 0.15) is 19.3 Å². The Kier molecular flexibility index (Phi) is 3.37. The Labute approximate surface area is 108 Å². The maximum absolute atomic E-state index is 5.10. The molecule has 2 fully saturated rings. The first-order chi connectivity index (χ1) is 8.85. The molecule has 2 heterocycles. The summed E-state index contributed by atoms with van der Waals surface area (Å²) >= 11 is 0. The van der Waals surface area contributed by atoms with Gasteiger partial charge >= 0.3 is 0 Å². The number of nitrogens with one attached hydrogen (secondary N) is 1. The van der Waals surface area contributed by atoms with Crippen LogP contribution in [-0.4, -0.2) is 42.7 Å². The van der Waals surface area contributed by atoms with Crippen LogP contribution in [0.3, 0.4) is 0 Å². The number of methoxy groups -OCH3 is 1. The van der Waals surface area contributed by atoms with Gasteiger partial charge < -0.3 is 15.0 Å². The van der Waals surface area contributed by atoms with E-state index < -0.39 is 0 Å². The molecule has 0 radical (unpaired) electrons. The molecule has 0 bridgehead atoms. The molecule has 0 spiro atoms. The highest BCUT2D eigenvalue weighted by Gasteiger charge is 2.34. The van der Waals surface area contributed by atoms with Crippen molar-refractivity contribution in [3.8, 4) is 5.75 Å². The van der Waals surface area contributed by atoms with Crippen LogP contribution in [-0.2, 0) is 0 Å². The number of ether oxygens (including phenoxy) is 1. The summed E-state index contributed by atoms with van der Waals surface area (Å²) in [6, 6.07) is 4.83. The zero-order valence-corrected chi connectivity index (χ0v) is 10.9. The molecule has 1 aliphatic heterocycles.